The molecular formula is C10H20NO4PS. The summed E-state index contributed by atoms with van der Waals surface area (Å²) in [5.41, 5.74) is 0. The van der Waals surface area contributed by atoms with Gasteiger partial charge >= 0.3 is 12.8 Å². The molecule has 0 aromatic rings. The minimum Gasteiger partial charge on any atom is -0.447 e. The second-order valence-corrected chi connectivity index (χ2v) is 8.57. The fraction of sp³-hybridized carbons (Fsp3) is 0.900. The van der Waals surface area contributed by atoms with E-state index in [1.54, 1.807) is 0 Å². The normalized spacial score (nSPS) is 21.1. The van der Waals surface area contributed by atoms with E-state index in [2.05, 4.69) is 0 Å². The van der Waals surface area contributed by atoms with E-state index < -0.39 is 12.8 Å². The van der Waals surface area contributed by atoms with Crippen molar-refractivity contribution in [3.05, 3.63) is 0 Å². The molecule has 2 unspecified atom stereocenters. The largest absolute Gasteiger partial charge is 0.447 e. The summed E-state index contributed by atoms with van der Waals surface area (Å²) in [6, 6.07) is 0. The number of carbonyl (C=O) groups is 1. The van der Waals surface area contributed by atoms with E-state index in [-0.39, 0.29) is 5.25 Å². The lowest BCUT2D eigenvalue weighted by Crippen LogP contribution is -2.22. The zero-order valence-corrected chi connectivity index (χ0v) is 12.3. The predicted octanol–water partition coefficient (Wildman–Crippen LogP) is 3.51. The van der Waals surface area contributed by atoms with Gasteiger partial charge in [-0.2, -0.15) is 0 Å². The highest BCUT2D eigenvalue weighted by Gasteiger charge is 2.41. The number of cyclic esters (lactones) is 1. The molecule has 1 aliphatic rings. The third kappa shape index (κ3) is 3.90. The van der Waals surface area contributed by atoms with Crippen LogP contribution in [0.2, 0.25) is 0 Å². The number of carbonyl (C=O) groups excluding carboxylic acids is 1. The van der Waals surface area contributed by atoms with Gasteiger partial charge < -0.3 is 9.26 Å². The van der Waals surface area contributed by atoms with E-state index in [0.29, 0.717) is 19.8 Å². The first-order valence-corrected chi connectivity index (χ1v) is 8.97. The van der Waals surface area contributed by atoms with Crippen molar-refractivity contribution >= 4 is 24.2 Å². The molecular weight excluding hydrogens is 261 g/mol. The van der Waals surface area contributed by atoms with Gasteiger partial charge in [-0.3, -0.25) is 4.57 Å². The summed E-state index contributed by atoms with van der Waals surface area (Å²) in [5, 5.41) is 0.186. The number of hydrogen-bond acceptors (Lipinski definition) is 5. The van der Waals surface area contributed by atoms with E-state index in [9.17, 15) is 9.36 Å². The molecule has 1 saturated heterocycles. The number of ether oxygens (including phenoxy) is 1. The van der Waals surface area contributed by atoms with Gasteiger partial charge in [0.2, 0.25) is 0 Å². The summed E-state index contributed by atoms with van der Waals surface area (Å²) in [4.78, 5) is 11.5. The van der Waals surface area contributed by atoms with Crippen LogP contribution in [0.3, 0.4) is 0 Å². The van der Waals surface area contributed by atoms with E-state index in [1.807, 2.05) is 20.8 Å². The Morgan fingerprint density at radius 1 is 1.59 bits per heavy atom. The van der Waals surface area contributed by atoms with Crippen LogP contribution in [-0.4, -0.2) is 35.8 Å². The van der Waals surface area contributed by atoms with Crippen molar-refractivity contribution in [2.24, 2.45) is 0 Å². The van der Waals surface area contributed by atoms with Crippen LogP contribution in [0, 0.1) is 0 Å². The SMILES string of the molecule is CCCOP(=O)(SC(C)CC)N1CCOC1=O. The van der Waals surface area contributed by atoms with Crippen LogP contribution < -0.4 is 0 Å². The average Bonchev–Trinajstić information content (AvgIpc) is 2.73. The summed E-state index contributed by atoms with van der Waals surface area (Å²) in [6.07, 6.45) is 1.13. The van der Waals surface area contributed by atoms with Gasteiger partial charge in [0, 0.05) is 5.25 Å². The molecule has 0 spiro atoms. The number of hydrogen-bond donors (Lipinski definition) is 0. The Morgan fingerprint density at radius 3 is 2.76 bits per heavy atom. The number of rotatable bonds is 7. The minimum absolute atomic E-state index is 0.186. The zero-order valence-electron chi connectivity index (χ0n) is 10.5. The Kier molecular flexibility index (Phi) is 5.83. The highest BCUT2D eigenvalue weighted by molar-refractivity contribution is 8.56. The van der Waals surface area contributed by atoms with Crippen LogP contribution in [0.5, 0.6) is 0 Å². The van der Waals surface area contributed by atoms with Gasteiger partial charge in [0.1, 0.15) is 6.61 Å². The molecule has 1 aliphatic heterocycles. The third-order valence-electron chi connectivity index (χ3n) is 2.38. The van der Waals surface area contributed by atoms with Gasteiger partial charge in [-0.1, -0.05) is 20.8 Å². The van der Waals surface area contributed by atoms with Crippen molar-refractivity contribution in [2.45, 2.75) is 38.9 Å². The highest BCUT2D eigenvalue weighted by atomic mass is 32.7. The van der Waals surface area contributed by atoms with Crippen molar-refractivity contribution in [3.63, 3.8) is 0 Å². The molecule has 0 aliphatic carbocycles. The van der Waals surface area contributed by atoms with Gasteiger partial charge in [0.05, 0.1) is 13.2 Å². The minimum atomic E-state index is -3.14. The smallest absolute Gasteiger partial charge is 0.417 e. The molecule has 0 aromatic carbocycles. The molecule has 7 heteroatoms. The summed E-state index contributed by atoms with van der Waals surface area (Å²) >= 11 is 1.25. The topological polar surface area (TPSA) is 55.8 Å². The average molecular weight is 281 g/mol. The lowest BCUT2D eigenvalue weighted by molar-refractivity contribution is 0.167. The van der Waals surface area contributed by atoms with Gasteiger partial charge in [-0.05, 0) is 24.2 Å². The first-order chi connectivity index (χ1) is 8.03. The first kappa shape index (κ1) is 14.9. The van der Waals surface area contributed by atoms with Crippen molar-refractivity contribution < 1.29 is 18.6 Å². The molecule has 0 aromatic heterocycles. The van der Waals surface area contributed by atoms with Crippen LogP contribution in [-0.2, 0) is 13.8 Å². The molecule has 1 amide bonds. The Bertz CT molecular complexity index is 313. The zero-order chi connectivity index (χ0) is 12.9. The van der Waals surface area contributed by atoms with Crippen LogP contribution in [0.1, 0.15) is 33.6 Å². The maximum atomic E-state index is 12.7. The van der Waals surface area contributed by atoms with Crippen molar-refractivity contribution in [3.8, 4) is 0 Å². The molecule has 5 nitrogen and oxygen atoms in total. The van der Waals surface area contributed by atoms with Gasteiger partial charge in [-0.15, -0.1) is 0 Å². The predicted molar refractivity (Wildman–Crippen MR) is 69.2 cm³/mol. The fourth-order valence-corrected chi connectivity index (χ4v) is 6.19. The number of nitrogens with zero attached hydrogens (tertiary/aromatic N) is 1. The Hall–Kier alpha value is -0.190. The molecule has 0 bridgehead atoms. The second-order valence-electron chi connectivity index (χ2n) is 3.86. The Balaban J connectivity index is 2.77. The van der Waals surface area contributed by atoms with Crippen LogP contribution >= 0.6 is 18.1 Å². The quantitative estimate of drug-likeness (QED) is 0.668. The molecule has 1 heterocycles. The fourth-order valence-electron chi connectivity index (χ4n) is 1.27. The van der Waals surface area contributed by atoms with Crippen LogP contribution in [0.25, 0.3) is 0 Å². The van der Waals surface area contributed by atoms with Crippen molar-refractivity contribution in [1.82, 2.24) is 4.67 Å². The standard InChI is InChI=1S/C10H20NO4PS/c1-4-7-15-16(13,17-9(3)5-2)11-6-8-14-10(11)12/h9H,4-8H2,1-3H3. The summed E-state index contributed by atoms with van der Waals surface area (Å²) in [5.74, 6) is 0. The molecule has 1 fully saturated rings. The summed E-state index contributed by atoms with van der Waals surface area (Å²) < 4.78 is 24.2. The van der Waals surface area contributed by atoms with Crippen LogP contribution in [0.4, 0.5) is 4.79 Å². The molecule has 2 atom stereocenters. The molecule has 17 heavy (non-hydrogen) atoms. The van der Waals surface area contributed by atoms with Crippen molar-refractivity contribution in [2.75, 3.05) is 19.8 Å². The van der Waals surface area contributed by atoms with Gasteiger partial charge in [0.15, 0.2) is 0 Å². The molecule has 100 valence electrons. The monoisotopic (exact) mass is 281 g/mol. The second kappa shape index (κ2) is 6.66. The molecule has 1 rings (SSSR count). The van der Waals surface area contributed by atoms with Crippen molar-refractivity contribution in [1.29, 1.82) is 0 Å². The summed E-state index contributed by atoms with van der Waals surface area (Å²) in [6.45, 7) is 3.84. The lowest BCUT2D eigenvalue weighted by atomic mass is 10.4. The van der Waals surface area contributed by atoms with E-state index in [0.717, 1.165) is 12.8 Å². The van der Waals surface area contributed by atoms with Gasteiger partial charge in [-0.25, -0.2) is 9.46 Å². The lowest BCUT2D eigenvalue weighted by Gasteiger charge is -2.26. The summed E-state index contributed by atoms with van der Waals surface area (Å²) in [7, 11) is 0. The molecule has 0 N–H and O–H groups in total. The maximum absolute atomic E-state index is 12.7. The van der Waals surface area contributed by atoms with Gasteiger partial charge in [0.25, 0.3) is 0 Å². The maximum Gasteiger partial charge on any atom is 0.417 e. The Labute approximate surface area is 106 Å². The first-order valence-electron chi connectivity index (χ1n) is 5.91. The Morgan fingerprint density at radius 2 is 2.29 bits per heavy atom. The highest BCUT2D eigenvalue weighted by Crippen LogP contribution is 2.65. The third-order valence-corrected chi connectivity index (χ3v) is 7.59. The van der Waals surface area contributed by atoms with Crippen LogP contribution in [0.15, 0.2) is 0 Å². The van der Waals surface area contributed by atoms with E-state index in [1.165, 1.54) is 16.1 Å². The number of amides is 1. The molecule has 0 saturated carbocycles. The van der Waals surface area contributed by atoms with E-state index in [4.69, 9.17) is 9.26 Å². The molecule has 0 radical (unpaired) electrons. The van der Waals surface area contributed by atoms with E-state index >= 15 is 0 Å².